The lowest BCUT2D eigenvalue weighted by Gasteiger charge is -2.13. The lowest BCUT2D eigenvalue weighted by atomic mass is 10.1. The maximum Gasteiger partial charge on any atom is 0.144 e. The van der Waals surface area contributed by atoms with Crippen molar-refractivity contribution < 1.29 is 0 Å². The molecular weight excluding hydrogens is 230 g/mol. The average Bonchev–Trinajstić information content (AvgIpc) is 2.78. The van der Waals surface area contributed by atoms with Crippen molar-refractivity contribution in [1.29, 1.82) is 5.26 Å². The minimum absolute atomic E-state index is 0.671. The fraction of sp³-hybridized carbons (Fsp3) is 0.538. The number of nitrogens with one attached hydrogen (secondary N) is 1. The molecule has 1 aromatic heterocycles. The second kappa shape index (κ2) is 5.42. The SMILES string of the molecule is Cc1cc(C)c(C#N)c(NCC2CCCS2)n1. The summed E-state index contributed by atoms with van der Waals surface area (Å²) in [6.07, 6.45) is 2.58. The van der Waals surface area contributed by atoms with Crippen LogP contribution in [0.15, 0.2) is 6.07 Å². The van der Waals surface area contributed by atoms with Gasteiger partial charge in [0, 0.05) is 17.5 Å². The molecule has 0 radical (unpaired) electrons. The molecule has 3 nitrogen and oxygen atoms in total. The number of aromatic nitrogens is 1. The van der Waals surface area contributed by atoms with E-state index in [0.29, 0.717) is 10.8 Å². The van der Waals surface area contributed by atoms with Crippen molar-refractivity contribution in [2.24, 2.45) is 0 Å². The van der Waals surface area contributed by atoms with Crippen LogP contribution in [-0.4, -0.2) is 22.5 Å². The molecule has 90 valence electrons. The largest absolute Gasteiger partial charge is 0.368 e. The molecule has 1 saturated heterocycles. The van der Waals surface area contributed by atoms with E-state index in [9.17, 15) is 0 Å². The molecule has 1 N–H and O–H groups in total. The second-order valence-electron chi connectivity index (χ2n) is 4.43. The third-order valence-electron chi connectivity index (χ3n) is 2.98. The predicted molar refractivity (Wildman–Crippen MR) is 72.4 cm³/mol. The number of rotatable bonds is 3. The van der Waals surface area contributed by atoms with E-state index < -0.39 is 0 Å². The molecule has 4 heteroatoms. The Morgan fingerprint density at radius 2 is 2.41 bits per heavy atom. The first-order valence-corrected chi connectivity index (χ1v) is 6.99. The molecule has 2 rings (SSSR count). The van der Waals surface area contributed by atoms with Crippen LogP contribution in [0.25, 0.3) is 0 Å². The number of nitrogens with zero attached hydrogens (tertiary/aromatic N) is 2. The van der Waals surface area contributed by atoms with E-state index in [1.165, 1.54) is 18.6 Å². The van der Waals surface area contributed by atoms with Gasteiger partial charge in [-0.1, -0.05) is 0 Å². The Balaban J connectivity index is 2.11. The highest BCUT2D eigenvalue weighted by Crippen LogP contribution is 2.26. The van der Waals surface area contributed by atoms with Crippen LogP contribution in [0, 0.1) is 25.2 Å². The zero-order chi connectivity index (χ0) is 12.3. The molecule has 0 bridgehead atoms. The van der Waals surface area contributed by atoms with E-state index in [-0.39, 0.29) is 0 Å². The normalized spacial score (nSPS) is 19.0. The summed E-state index contributed by atoms with van der Waals surface area (Å²) in [6.45, 7) is 4.83. The monoisotopic (exact) mass is 247 g/mol. The van der Waals surface area contributed by atoms with E-state index in [4.69, 9.17) is 5.26 Å². The maximum absolute atomic E-state index is 9.15. The number of pyridine rings is 1. The highest BCUT2D eigenvalue weighted by atomic mass is 32.2. The van der Waals surface area contributed by atoms with Crippen molar-refractivity contribution in [3.8, 4) is 6.07 Å². The molecule has 0 aromatic carbocycles. The Hall–Kier alpha value is -1.21. The number of hydrogen-bond donors (Lipinski definition) is 1. The summed E-state index contributed by atoms with van der Waals surface area (Å²) < 4.78 is 0. The van der Waals surface area contributed by atoms with E-state index in [1.807, 2.05) is 31.7 Å². The first-order valence-electron chi connectivity index (χ1n) is 5.94. The number of hydrogen-bond acceptors (Lipinski definition) is 4. The minimum atomic E-state index is 0.671. The van der Waals surface area contributed by atoms with Crippen molar-refractivity contribution >= 4 is 17.6 Å². The van der Waals surface area contributed by atoms with Gasteiger partial charge in [-0.3, -0.25) is 0 Å². The molecule has 1 aliphatic heterocycles. The molecule has 0 saturated carbocycles. The van der Waals surface area contributed by atoms with Gasteiger partial charge < -0.3 is 5.32 Å². The van der Waals surface area contributed by atoms with Crippen LogP contribution in [0.5, 0.6) is 0 Å². The highest BCUT2D eigenvalue weighted by Gasteiger charge is 2.16. The number of nitriles is 1. The van der Waals surface area contributed by atoms with Crippen LogP contribution in [0.3, 0.4) is 0 Å². The minimum Gasteiger partial charge on any atom is -0.368 e. The summed E-state index contributed by atoms with van der Waals surface area (Å²) in [5.74, 6) is 2.01. The molecule has 1 atom stereocenters. The van der Waals surface area contributed by atoms with Crippen LogP contribution in [-0.2, 0) is 0 Å². The van der Waals surface area contributed by atoms with Gasteiger partial charge in [-0.25, -0.2) is 4.98 Å². The van der Waals surface area contributed by atoms with Gasteiger partial charge in [0.15, 0.2) is 0 Å². The topological polar surface area (TPSA) is 48.7 Å². The van der Waals surface area contributed by atoms with E-state index in [0.717, 1.165) is 23.6 Å². The fourth-order valence-electron chi connectivity index (χ4n) is 2.12. The first kappa shape index (κ1) is 12.3. The maximum atomic E-state index is 9.15. The fourth-order valence-corrected chi connectivity index (χ4v) is 3.32. The van der Waals surface area contributed by atoms with Gasteiger partial charge >= 0.3 is 0 Å². The highest BCUT2D eigenvalue weighted by molar-refractivity contribution is 8.00. The van der Waals surface area contributed by atoms with Crippen molar-refractivity contribution in [2.75, 3.05) is 17.6 Å². The molecule has 0 amide bonds. The Morgan fingerprint density at radius 1 is 1.59 bits per heavy atom. The molecule has 2 heterocycles. The predicted octanol–water partition coefficient (Wildman–Crippen LogP) is 2.88. The molecule has 0 aliphatic carbocycles. The van der Waals surface area contributed by atoms with Gasteiger partial charge in [0.05, 0.1) is 5.56 Å². The molecule has 1 aromatic rings. The second-order valence-corrected chi connectivity index (χ2v) is 5.84. The molecule has 1 unspecified atom stereocenters. The van der Waals surface area contributed by atoms with Crippen molar-refractivity contribution in [1.82, 2.24) is 4.98 Å². The molecule has 1 aliphatic rings. The standard InChI is InChI=1S/C13H17N3S/c1-9-6-10(2)16-13(12(9)7-14)15-8-11-4-3-5-17-11/h6,11H,3-5,8H2,1-2H3,(H,15,16). The smallest absolute Gasteiger partial charge is 0.144 e. The van der Waals surface area contributed by atoms with Gasteiger partial charge in [-0.15, -0.1) is 0 Å². The van der Waals surface area contributed by atoms with Crippen LogP contribution in [0.4, 0.5) is 5.82 Å². The van der Waals surface area contributed by atoms with Crippen LogP contribution < -0.4 is 5.32 Å². The molecular formula is C13H17N3S. The quantitative estimate of drug-likeness (QED) is 0.892. The van der Waals surface area contributed by atoms with Crippen LogP contribution >= 0.6 is 11.8 Å². The zero-order valence-electron chi connectivity index (χ0n) is 10.3. The van der Waals surface area contributed by atoms with Gasteiger partial charge in [-0.05, 0) is 44.1 Å². The van der Waals surface area contributed by atoms with Crippen LogP contribution in [0.1, 0.15) is 29.7 Å². The van der Waals surface area contributed by atoms with Crippen molar-refractivity contribution in [2.45, 2.75) is 31.9 Å². The lowest BCUT2D eigenvalue weighted by Crippen LogP contribution is -2.16. The summed E-state index contributed by atoms with van der Waals surface area (Å²) in [5, 5.41) is 13.2. The Labute approximate surface area is 107 Å². The third kappa shape index (κ3) is 2.92. The van der Waals surface area contributed by atoms with Gasteiger partial charge in [0.2, 0.25) is 0 Å². The van der Waals surface area contributed by atoms with Gasteiger partial charge in [-0.2, -0.15) is 17.0 Å². The molecule has 17 heavy (non-hydrogen) atoms. The number of aryl methyl sites for hydroxylation is 2. The van der Waals surface area contributed by atoms with Crippen LogP contribution in [0.2, 0.25) is 0 Å². The summed E-state index contributed by atoms with van der Waals surface area (Å²) in [7, 11) is 0. The summed E-state index contributed by atoms with van der Waals surface area (Å²) >= 11 is 2.01. The molecule has 0 spiro atoms. The Kier molecular flexibility index (Phi) is 3.90. The summed E-state index contributed by atoms with van der Waals surface area (Å²) in [5.41, 5.74) is 2.64. The average molecular weight is 247 g/mol. The van der Waals surface area contributed by atoms with Crippen molar-refractivity contribution in [3.63, 3.8) is 0 Å². The Bertz CT molecular complexity index is 445. The molecule has 1 fully saturated rings. The number of anilines is 1. The summed E-state index contributed by atoms with van der Waals surface area (Å²) in [4.78, 5) is 4.42. The third-order valence-corrected chi connectivity index (χ3v) is 4.38. The van der Waals surface area contributed by atoms with Gasteiger partial charge in [0.1, 0.15) is 11.9 Å². The zero-order valence-corrected chi connectivity index (χ0v) is 11.1. The summed E-state index contributed by atoms with van der Waals surface area (Å²) in [6, 6.07) is 4.19. The number of thioether (sulfide) groups is 1. The van der Waals surface area contributed by atoms with Crippen molar-refractivity contribution in [3.05, 3.63) is 22.9 Å². The Morgan fingerprint density at radius 3 is 3.06 bits per heavy atom. The lowest BCUT2D eigenvalue weighted by molar-refractivity contribution is 0.803. The van der Waals surface area contributed by atoms with E-state index >= 15 is 0 Å². The van der Waals surface area contributed by atoms with E-state index in [1.54, 1.807) is 0 Å². The van der Waals surface area contributed by atoms with E-state index in [2.05, 4.69) is 16.4 Å². The first-order chi connectivity index (χ1) is 8.20. The van der Waals surface area contributed by atoms with Gasteiger partial charge in [0.25, 0.3) is 0 Å².